The molecule has 0 aliphatic rings. The molecule has 0 aromatic rings. The molecular formula is C11H24O. The fourth-order valence-electron chi connectivity index (χ4n) is 1.33. The van der Waals surface area contributed by atoms with Crippen LogP contribution in [0, 0.1) is 0 Å². The highest BCUT2D eigenvalue weighted by Crippen LogP contribution is 2.09. The second-order valence-corrected chi connectivity index (χ2v) is 3.60. The van der Waals surface area contributed by atoms with Crippen molar-refractivity contribution in [2.24, 2.45) is 0 Å². The molecule has 1 atom stereocenters. The van der Waals surface area contributed by atoms with Crippen LogP contribution in [0.25, 0.3) is 0 Å². The van der Waals surface area contributed by atoms with Crippen LogP contribution in [0.5, 0.6) is 0 Å². The van der Waals surface area contributed by atoms with Crippen LogP contribution in [0.15, 0.2) is 0 Å². The van der Waals surface area contributed by atoms with E-state index in [0.717, 1.165) is 0 Å². The summed E-state index contributed by atoms with van der Waals surface area (Å²) in [5.74, 6) is 0. The fourth-order valence-corrected chi connectivity index (χ4v) is 1.33. The number of hydrogen-bond acceptors (Lipinski definition) is 1. The number of ether oxygens (including phenoxy) is 1. The van der Waals surface area contributed by atoms with E-state index in [0.29, 0.717) is 6.10 Å². The summed E-state index contributed by atoms with van der Waals surface area (Å²) in [6.45, 7) is 4.40. The average molecular weight is 172 g/mol. The third-order valence-corrected chi connectivity index (χ3v) is 2.37. The average Bonchev–Trinajstić information content (AvgIpc) is 2.10. The molecule has 0 rings (SSSR count). The van der Waals surface area contributed by atoms with Gasteiger partial charge < -0.3 is 4.74 Å². The summed E-state index contributed by atoms with van der Waals surface area (Å²) in [6.07, 6.45) is 9.96. The molecule has 0 aliphatic heterocycles. The number of methoxy groups -OCH3 is 1. The van der Waals surface area contributed by atoms with Crippen molar-refractivity contribution in [3.8, 4) is 0 Å². The van der Waals surface area contributed by atoms with Gasteiger partial charge in [-0.25, -0.2) is 0 Å². The van der Waals surface area contributed by atoms with E-state index < -0.39 is 0 Å². The van der Waals surface area contributed by atoms with Crippen LogP contribution in [-0.2, 0) is 4.74 Å². The first-order valence-electron chi connectivity index (χ1n) is 5.34. The van der Waals surface area contributed by atoms with Gasteiger partial charge in [-0.15, -0.1) is 0 Å². The molecule has 0 heterocycles. The minimum Gasteiger partial charge on any atom is -0.382 e. The fraction of sp³-hybridized carbons (Fsp3) is 1.00. The molecule has 74 valence electrons. The monoisotopic (exact) mass is 172 g/mol. The maximum atomic E-state index is 5.18. The normalized spacial score (nSPS) is 13.2. The van der Waals surface area contributed by atoms with Gasteiger partial charge in [0.05, 0.1) is 6.10 Å². The summed E-state index contributed by atoms with van der Waals surface area (Å²) in [5, 5.41) is 0. The summed E-state index contributed by atoms with van der Waals surface area (Å²) in [6, 6.07) is 0. The molecule has 0 saturated heterocycles. The molecule has 0 aliphatic carbocycles. The molecule has 0 amide bonds. The third-order valence-electron chi connectivity index (χ3n) is 2.37. The van der Waals surface area contributed by atoms with Crippen molar-refractivity contribution in [1.29, 1.82) is 0 Å². The predicted octanol–water partition coefficient (Wildman–Crippen LogP) is 3.77. The second-order valence-electron chi connectivity index (χ2n) is 3.60. The lowest BCUT2D eigenvalue weighted by atomic mass is 10.1. The molecule has 0 bridgehead atoms. The zero-order valence-electron chi connectivity index (χ0n) is 8.94. The van der Waals surface area contributed by atoms with E-state index in [1.54, 1.807) is 7.11 Å². The topological polar surface area (TPSA) is 9.23 Å². The highest BCUT2D eigenvalue weighted by Gasteiger charge is 1.97. The van der Waals surface area contributed by atoms with Gasteiger partial charge in [-0.1, -0.05) is 45.4 Å². The first kappa shape index (κ1) is 12.0. The summed E-state index contributed by atoms with van der Waals surface area (Å²) < 4.78 is 5.18. The Kier molecular flexibility index (Phi) is 9.02. The predicted molar refractivity (Wildman–Crippen MR) is 54.5 cm³/mol. The Morgan fingerprint density at radius 2 is 1.58 bits per heavy atom. The summed E-state index contributed by atoms with van der Waals surface area (Å²) >= 11 is 0. The first-order valence-corrected chi connectivity index (χ1v) is 5.34. The van der Waals surface area contributed by atoms with Gasteiger partial charge in [0.25, 0.3) is 0 Å². The molecule has 0 aromatic heterocycles. The zero-order chi connectivity index (χ0) is 9.23. The molecule has 0 fully saturated rings. The Balaban J connectivity index is 2.90. The molecule has 1 unspecified atom stereocenters. The minimum atomic E-state index is 0.455. The van der Waals surface area contributed by atoms with Gasteiger partial charge in [0.15, 0.2) is 0 Å². The van der Waals surface area contributed by atoms with Crippen molar-refractivity contribution in [2.75, 3.05) is 7.11 Å². The summed E-state index contributed by atoms with van der Waals surface area (Å²) in [7, 11) is 1.79. The van der Waals surface area contributed by atoms with Gasteiger partial charge in [-0.05, 0) is 13.3 Å². The number of rotatable bonds is 8. The van der Waals surface area contributed by atoms with E-state index in [9.17, 15) is 0 Å². The number of unbranched alkanes of at least 4 members (excludes halogenated alkanes) is 5. The maximum absolute atomic E-state index is 5.18. The summed E-state index contributed by atoms with van der Waals surface area (Å²) in [5.41, 5.74) is 0. The molecule has 0 radical (unpaired) electrons. The Bertz CT molecular complexity index is 81.1. The van der Waals surface area contributed by atoms with Gasteiger partial charge in [0.2, 0.25) is 0 Å². The number of hydrogen-bond donors (Lipinski definition) is 0. The van der Waals surface area contributed by atoms with Crippen LogP contribution in [-0.4, -0.2) is 13.2 Å². The first-order chi connectivity index (χ1) is 5.81. The van der Waals surface area contributed by atoms with Crippen molar-refractivity contribution in [3.05, 3.63) is 0 Å². The lowest BCUT2D eigenvalue weighted by Crippen LogP contribution is -2.03. The standard InChI is InChI=1S/C11H24O/c1-4-5-6-7-8-9-10-11(2)12-3/h11H,4-10H2,1-3H3. The Labute approximate surface area is 77.5 Å². The SMILES string of the molecule is CCCCCCCCC(C)OC. The molecular weight excluding hydrogens is 148 g/mol. The van der Waals surface area contributed by atoms with Crippen LogP contribution in [0.3, 0.4) is 0 Å². The molecule has 12 heavy (non-hydrogen) atoms. The van der Waals surface area contributed by atoms with Gasteiger partial charge >= 0.3 is 0 Å². The van der Waals surface area contributed by atoms with Gasteiger partial charge in [0, 0.05) is 7.11 Å². The molecule has 0 N–H and O–H groups in total. The van der Waals surface area contributed by atoms with E-state index in [1.807, 2.05) is 0 Å². The van der Waals surface area contributed by atoms with E-state index in [-0.39, 0.29) is 0 Å². The minimum absolute atomic E-state index is 0.455. The van der Waals surface area contributed by atoms with Gasteiger partial charge in [0.1, 0.15) is 0 Å². The highest BCUT2D eigenvalue weighted by molar-refractivity contribution is 4.50. The Hall–Kier alpha value is -0.0400. The van der Waals surface area contributed by atoms with Crippen LogP contribution in [0.4, 0.5) is 0 Å². The van der Waals surface area contributed by atoms with Crippen LogP contribution >= 0.6 is 0 Å². The third kappa shape index (κ3) is 8.06. The van der Waals surface area contributed by atoms with Gasteiger partial charge in [-0.3, -0.25) is 0 Å². The Morgan fingerprint density at radius 3 is 2.17 bits per heavy atom. The highest BCUT2D eigenvalue weighted by atomic mass is 16.5. The van der Waals surface area contributed by atoms with Crippen LogP contribution < -0.4 is 0 Å². The molecule has 1 nitrogen and oxygen atoms in total. The van der Waals surface area contributed by atoms with Crippen LogP contribution in [0.2, 0.25) is 0 Å². The van der Waals surface area contributed by atoms with Crippen molar-refractivity contribution in [1.82, 2.24) is 0 Å². The summed E-state index contributed by atoms with van der Waals surface area (Å²) in [4.78, 5) is 0. The lowest BCUT2D eigenvalue weighted by molar-refractivity contribution is 0.108. The smallest absolute Gasteiger partial charge is 0.0543 e. The van der Waals surface area contributed by atoms with Crippen LogP contribution in [0.1, 0.15) is 58.8 Å². The van der Waals surface area contributed by atoms with E-state index in [2.05, 4.69) is 13.8 Å². The molecule has 0 aromatic carbocycles. The second kappa shape index (κ2) is 9.05. The maximum Gasteiger partial charge on any atom is 0.0543 e. The largest absolute Gasteiger partial charge is 0.382 e. The van der Waals surface area contributed by atoms with E-state index >= 15 is 0 Å². The zero-order valence-corrected chi connectivity index (χ0v) is 8.94. The quantitative estimate of drug-likeness (QED) is 0.506. The van der Waals surface area contributed by atoms with E-state index in [4.69, 9.17) is 4.74 Å². The molecule has 0 saturated carbocycles. The van der Waals surface area contributed by atoms with Gasteiger partial charge in [-0.2, -0.15) is 0 Å². The van der Waals surface area contributed by atoms with Crippen molar-refractivity contribution < 1.29 is 4.74 Å². The molecule has 0 spiro atoms. The lowest BCUT2D eigenvalue weighted by Gasteiger charge is -2.07. The van der Waals surface area contributed by atoms with Crippen molar-refractivity contribution >= 4 is 0 Å². The van der Waals surface area contributed by atoms with Crippen molar-refractivity contribution in [3.63, 3.8) is 0 Å². The molecule has 1 heteroatoms. The van der Waals surface area contributed by atoms with E-state index in [1.165, 1.54) is 44.9 Å². The van der Waals surface area contributed by atoms with Crippen molar-refractivity contribution in [2.45, 2.75) is 64.9 Å². The Morgan fingerprint density at radius 1 is 1.00 bits per heavy atom.